The van der Waals surface area contributed by atoms with Gasteiger partial charge < -0.3 is 16.2 Å². The summed E-state index contributed by atoms with van der Waals surface area (Å²) in [7, 11) is 0. The number of alkyl halides is 3. The Hall–Kier alpha value is -2.62. The first-order valence-electron chi connectivity index (χ1n) is 10.7. The summed E-state index contributed by atoms with van der Waals surface area (Å²) in [5.74, 6) is 0. The molecule has 0 spiro atoms. The molecule has 4 rings (SSSR count). The van der Waals surface area contributed by atoms with Crippen molar-refractivity contribution in [2.45, 2.75) is 36.4 Å². The van der Waals surface area contributed by atoms with Gasteiger partial charge in [0.1, 0.15) is 0 Å². The minimum Gasteiger partial charge on any atom is -0.396 e. The van der Waals surface area contributed by atoms with Gasteiger partial charge in [0, 0.05) is 36.5 Å². The van der Waals surface area contributed by atoms with Crippen LogP contribution >= 0.6 is 11.8 Å². The van der Waals surface area contributed by atoms with Crippen LogP contribution in [0.1, 0.15) is 28.4 Å². The van der Waals surface area contributed by atoms with E-state index in [9.17, 15) is 18.3 Å². The Labute approximate surface area is 194 Å². The Morgan fingerprint density at radius 3 is 2.64 bits per heavy atom. The molecule has 5 nitrogen and oxygen atoms in total. The lowest BCUT2D eigenvalue weighted by Gasteiger charge is -2.17. The maximum Gasteiger partial charge on any atom is 0.416 e. The number of thioether (sulfide) groups is 1. The molecular formula is C24H25F3N4OS. The van der Waals surface area contributed by atoms with Crippen LogP contribution in [0.25, 0.3) is 10.8 Å². The van der Waals surface area contributed by atoms with Crippen LogP contribution in [0.5, 0.6) is 0 Å². The Kier molecular flexibility index (Phi) is 7.21. The third-order valence-corrected chi connectivity index (χ3v) is 6.92. The summed E-state index contributed by atoms with van der Waals surface area (Å²) in [5, 5.41) is 15.9. The van der Waals surface area contributed by atoms with Gasteiger partial charge in [0.15, 0.2) is 5.17 Å². The zero-order chi connectivity index (χ0) is 23.4. The lowest BCUT2D eigenvalue weighted by Crippen LogP contribution is -2.31. The van der Waals surface area contributed by atoms with Crippen LogP contribution in [0.4, 0.5) is 13.2 Å². The molecule has 1 aliphatic rings. The number of aromatic nitrogens is 1. The van der Waals surface area contributed by atoms with Gasteiger partial charge in [0.25, 0.3) is 0 Å². The number of aliphatic hydroxyl groups is 1. The van der Waals surface area contributed by atoms with E-state index in [0.29, 0.717) is 19.4 Å². The number of halogens is 3. The number of aliphatic imine (C=N–C) groups is 1. The van der Waals surface area contributed by atoms with E-state index in [0.717, 1.165) is 39.2 Å². The first kappa shape index (κ1) is 23.5. The number of amidine groups is 1. The Morgan fingerprint density at radius 2 is 1.91 bits per heavy atom. The van der Waals surface area contributed by atoms with Crippen LogP contribution in [0.2, 0.25) is 0 Å². The molecule has 4 N–H and O–H groups in total. The van der Waals surface area contributed by atoms with E-state index >= 15 is 0 Å². The number of aliphatic hydroxyl groups excluding tert-OH is 1. The fraction of sp³-hybridized carbons (Fsp3) is 0.333. The SMILES string of the molecule is N[C@H](CN=C1NC(CCO)C(c2ccc3cnccc3c2)S1)Cc1ccc(C(F)(F)F)cc1. The zero-order valence-corrected chi connectivity index (χ0v) is 18.6. The second kappa shape index (κ2) is 10.1. The lowest BCUT2D eigenvalue weighted by atomic mass is 10.0. The van der Waals surface area contributed by atoms with E-state index < -0.39 is 11.7 Å². The average molecular weight is 475 g/mol. The third-order valence-electron chi connectivity index (χ3n) is 5.59. The molecule has 1 aliphatic heterocycles. The molecule has 9 heteroatoms. The summed E-state index contributed by atoms with van der Waals surface area (Å²) in [5.41, 5.74) is 7.41. The van der Waals surface area contributed by atoms with Crippen LogP contribution in [0, 0.1) is 0 Å². The highest BCUT2D eigenvalue weighted by molar-refractivity contribution is 8.14. The summed E-state index contributed by atoms with van der Waals surface area (Å²) in [4.78, 5) is 8.77. The molecule has 1 fully saturated rings. The Bertz CT molecular complexity index is 1120. The van der Waals surface area contributed by atoms with E-state index in [1.54, 1.807) is 18.0 Å². The smallest absolute Gasteiger partial charge is 0.396 e. The fourth-order valence-corrected chi connectivity index (χ4v) is 5.15. The number of fused-ring (bicyclic) bond motifs is 1. The molecule has 1 saturated heterocycles. The number of rotatable bonds is 7. The number of hydrogen-bond donors (Lipinski definition) is 3. The highest BCUT2D eigenvalue weighted by atomic mass is 32.2. The molecular weight excluding hydrogens is 449 g/mol. The van der Waals surface area contributed by atoms with E-state index in [1.807, 2.05) is 18.3 Å². The van der Waals surface area contributed by atoms with Crippen molar-refractivity contribution in [2.24, 2.45) is 10.7 Å². The van der Waals surface area contributed by atoms with E-state index in [2.05, 4.69) is 27.4 Å². The highest BCUT2D eigenvalue weighted by Crippen LogP contribution is 2.40. The lowest BCUT2D eigenvalue weighted by molar-refractivity contribution is -0.137. The topological polar surface area (TPSA) is 83.5 Å². The summed E-state index contributed by atoms with van der Waals surface area (Å²) >= 11 is 1.60. The molecule has 0 aliphatic carbocycles. The van der Waals surface area contributed by atoms with E-state index in [4.69, 9.17) is 5.73 Å². The van der Waals surface area contributed by atoms with Crippen molar-refractivity contribution in [3.05, 3.63) is 77.6 Å². The molecule has 1 aromatic heterocycles. The summed E-state index contributed by atoms with van der Waals surface area (Å²) in [6.07, 6.45) is 0.267. The van der Waals surface area contributed by atoms with Crippen LogP contribution in [-0.2, 0) is 12.6 Å². The van der Waals surface area contributed by atoms with E-state index in [-0.39, 0.29) is 23.9 Å². The molecule has 33 heavy (non-hydrogen) atoms. The Morgan fingerprint density at radius 1 is 1.12 bits per heavy atom. The quantitative estimate of drug-likeness (QED) is 0.475. The van der Waals surface area contributed by atoms with Gasteiger partial charge in [-0.3, -0.25) is 9.98 Å². The zero-order valence-electron chi connectivity index (χ0n) is 17.8. The van der Waals surface area contributed by atoms with Crippen molar-refractivity contribution < 1.29 is 18.3 Å². The van der Waals surface area contributed by atoms with Crippen LogP contribution in [-0.4, -0.2) is 40.5 Å². The van der Waals surface area contributed by atoms with Crippen LogP contribution in [0.15, 0.2) is 65.9 Å². The molecule has 3 aromatic rings. The van der Waals surface area contributed by atoms with Crippen molar-refractivity contribution in [3.8, 4) is 0 Å². The number of nitrogens with two attached hydrogens (primary N) is 1. The van der Waals surface area contributed by atoms with Gasteiger partial charge in [0.05, 0.1) is 17.4 Å². The number of nitrogens with zero attached hydrogens (tertiary/aromatic N) is 2. The van der Waals surface area contributed by atoms with Crippen molar-refractivity contribution >= 4 is 27.7 Å². The number of nitrogens with one attached hydrogen (secondary N) is 1. The Balaban J connectivity index is 1.41. The van der Waals surface area contributed by atoms with Crippen LogP contribution < -0.4 is 11.1 Å². The van der Waals surface area contributed by atoms with Crippen molar-refractivity contribution in [1.82, 2.24) is 10.3 Å². The second-order valence-corrected chi connectivity index (χ2v) is 9.22. The highest BCUT2D eigenvalue weighted by Gasteiger charge is 2.33. The van der Waals surface area contributed by atoms with Crippen molar-refractivity contribution in [2.75, 3.05) is 13.2 Å². The van der Waals surface area contributed by atoms with Gasteiger partial charge in [-0.05, 0) is 53.6 Å². The van der Waals surface area contributed by atoms with E-state index in [1.165, 1.54) is 12.1 Å². The predicted molar refractivity (Wildman–Crippen MR) is 126 cm³/mol. The first-order valence-corrected chi connectivity index (χ1v) is 11.6. The summed E-state index contributed by atoms with van der Waals surface area (Å²) in [6.45, 7) is 0.408. The standard InChI is InChI=1S/C24H25F3N4OS/c25-24(26,27)19-5-1-15(2-6-19)11-20(28)14-30-23-31-21(8-10-32)22(33-23)17-3-4-18-13-29-9-7-16(18)12-17/h1-7,9,12-13,20-22,32H,8,10-11,14,28H2,(H,30,31)/t20-,21?,22?/m0/s1. The minimum absolute atomic E-state index is 0.0316. The minimum atomic E-state index is -4.35. The van der Waals surface area contributed by atoms with Gasteiger partial charge in [-0.25, -0.2) is 0 Å². The molecule has 0 saturated carbocycles. The largest absolute Gasteiger partial charge is 0.416 e. The van der Waals surface area contributed by atoms with Gasteiger partial charge in [-0.2, -0.15) is 13.2 Å². The van der Waals surface area contributed by atoms with Crippen molar-refractivity contribution in [3.63, 3.8) is 0 Å². The second-order valence-electron chi connectivity index (χ2n) is 8.09. The van der Waals surface area contributed by atoms with Gasteiger partial charge in [-0.1, -0.05) is 36.0 Å². The molecule has 0 bridgehead atoms. The molecule has 0 radical (unpaired) electrons. The fourth-order valence-electron chi connectivity index (χ4n) is 3.89. The summed E-state index contributed by atoms with van der Waals surface area (Å²) < 4.78 is 38.2. The third kappa shape index (κ3) is 5.85. The van der Waals surface area contributed by atoms with Gasteiger partial charge in [-0.15, -0.1) is 0 Å². The first-order chi connectivity index (χ1) is 15.8. The monoisotopic (exact) mass is 474 g/mol. The number of benzene rings is 2. The van der Waals surface area contributed by atoms with Crippen LogP contribution in [0.3, 0.4) is 0 Å². The van der Waals surface area contributed by atoms with Gasteiger partial charge in [0.2, 0.25) is 0 Å². The molecule has 2 heterocycles. The number of hydrogen-bond acceptors (Lipinski definition) is 5. The molecule has 174 valence electrons. The van der Waals surface area contributed by atoms with Crippen molar-refractivity contribution in [1.29, 1.82) is 0 Å². The molecule has 0 amide bonds. The predicted octanol–water partition coefficient (Wildman–Crippen LogP) is 4.31. The van der Waals surface area contributed by atoms with Gasteiger partial charge >= 0.3 is 6.18 Å². The average Bonchev–Trinajstić information content (AvgIpc) is 3.20. The normalized spacial score (nSPS) is 20.8. The number of pyridine rings is 1. The molecule has 2 aromatic carbocycles. The maximum atomic E-state index is 12.7. The summed E-state index contributed by atoms with van der Waals surface area (Å²) in [6, 6.07) is 13.0. The molecule has 2 unspecified atom stereocenters. The molecule has 3 atom stereocenters. The maximum absolute atomic E-state index is 12.7.